The van der Waals surface area contributed by atoms with Crippen molar-refractivity contribution in [2.45, 2.75) is 17.6 Å². The van der Waals surface area contributed by atoms with Crippen molar-refractivity contribution < 1.29 is 16.8 Å². The first-order chi connectivity index (χ1) is 13.8. The predicted octanol–water partition coefficient (Wildman–Crippen LogP) is 3.03. The average Bonchev–Trinajstić information content (AvgIpc) is 2.95. The minimum atomic E-state index is -4.44. The summed E-state index contributed by atoms with van der Waals surface area (Å²) in [6.45, 7) is 1.81. The lowest BCUT2D eigenvalue weighted by Gasteiger charge is -2.19. The zero-order valence-corrected chi connectivity index (χ0v) is 17.3. The predicted molar refractivity (Wildman–Crippen MR) is 111 cm³/mol. The highest BCUT2D eigenvalue weighted by Crippen LogP contribution is 2.22. The summed E-state index contributed by atoms with van der Waals surface area (Å²) in [7, 11) is -8.77. The Morgan fingerprint density at radius 2 is 1.24 bits per heavy atom. The molecular weight excluding hydrogens is 408 g/mol. The summed E-state index contributed by atoms with van der Waals surface area (Å²) < 4.78 is 52.9. The molecule has 0 saturated heterocycles. The Morgan fingerprint density at radius 1 is 0.724 bits per heavy atom. The Bertz CT molecular complexity index is 1230. The first-order valence-corrected chi connectivity index (χ1v) is 11.8. The third-order valence-electron chi connectivity index (χ3n) is 4.02. The summed E-state index contributed by atoms with van der Waals surface area (Å²) in [6.07, 6.45) is 0. The molecule has 3 aromatic rings. The van der Waals surface area contributed by atoms with Crippen molar-refractivity contribution in [1.82, 2.24) is 3.82 Å². The Balaban J connectivity index is 2.17. The molecule has 150 valence electrons. The van der Waals surface area contributed by atoms with Gasteiger partial charge in [-0.05, 0) is 36.8 Å². The van der Waals surface area contributed by atoms with E-state index in [9.17, 15) is 16.8 Å². The molecule has 0 bridgehead atoms. The van der Waals surface area contributed by atoms with Crippen LogP contribution in [0.5, 0.6) is 0 Å². The van der Waals surface area contributed by atoms with Gasteiger partial charge >= 0.3 is 0 Å². The summed E-state index contributed by atoms with van der Waals surface area (Å²) in [5, 5.41) is 4.19. The number of aryl methyl sites for hydroxylation is 1. The maximum atomic E-state index is 13.2. The zero-order valence-electron chi connectivity index (χ0n) is 15.7. The molecule has 0 unspecified atom stereocenters. The third-order valence-corrected chi connectivity index (χ3v) is 7.91. The smallest absolute Gasteiger partial charge is 0.204 e. The van der Waals surface area contributed by atoms with Crippen molar-refractivity contribution in [2.75, 3.05) is 0 Å². The van der Waals surface area contributed by atoms with Crippen LogP contribution < -0.4 is 5.36 Å². The van der Waals surface area contributed by atoms with Crippen LogP contribution in [0, 0.1) is 6.92 Å². The Labute approximate surface area is 170 Å². The molecule has 0 atom stereocenters. The summed E-state index contributed by atoms with van der Waals surface area (Å²) >= 11 is 0. The van der Waals surface area contributed by atoms with Gasteiger partial charge in [-0.25, -0.2) is 8.42 Å². The molecule has 0 amide bonds. The maximum absolute atomic E-state index is 13.2. The molecule has 29 heavy (non-hydrogen) atoms. The van der Waals surface area contributed by atoms with Crippen LogP contribution >= 0.6 is 0 Å². The highest BCUT2D eigenvalue weighted by Gasteiger charge is 2.34. The van der Waals surface area contributed by atoms with E-state index in [1.54, 1.807) is 66.7 Å². The fraction of sp³-hybridized carbons (Fsp3) is 0.0952. The quantitative estimate of drug-likeness (QED) is 0.565. The number of benzene rings is 2. The largest absolute Gasteiger partial charge is 0.292 e. The van der Waals surface area contributed by atoms with E-state index in [4.69, 9.17) is 0 Å². The van der Waals surface area contributed by atoms with E-state index < -0.39 is 25.8 Å². The van der Waals surface area contributed by atoms with Gasteiger partial charge in [-0.2, -0.15) is 8.42 Å². The van der Waals surface area contributed by atoms with Gasteiger partial charge in [0, 0.05) is 0 Å². The van der Waals surface area contributed by atoms with Gasteiger partial charge in [0.1, 0.15) is 0 Å². The minimum Gasteiger partial charge on any atom is -0.204 e. The molecule has 0 aliphatic heterocycles. The molecule has 0 N–H and O–H groups in total. The number of nitrogens with zero attached hydrogens (tertiary/aromatic N) is 2. The summed E-state index contributed by atoms with van der Waals surface area (Å²) in [6, 6.07) is 24.2. The number of sulfonamides is 2. The topological polar surface area (TPSA) is 83.9 Å². The second-order valence-electron chi connectivity index (χ2n) is 6.37. The van der Waals surface area contributed by atoms with E-state index in [1.165, 1.54) is 24.3 Å². The Morgan fingerprint density at radius 3 is 1.83 bits per heavy atom. The van der Waals surface area contributed by atoms with Gasteiger partial charge in [-0.15, -0.1) is 5.10 Å². The van der Waals surface area contributed by atoms with Crippen molar-refractivity contribution in [3.8, 4) is 0 Å². The van der Waals surface area contributed by atoms with Gasteiger partial charge in [0.15, 0.2) is 0 Å². The molecule has 0 aromatic heterocycles. The second kappa shape index (κ2) is 8.59. The number of hydrogen-bond acceptors (Lipinski definition) is 5. The maximum Gasteiger partial charge on any atom is 0.292 e. The first kappa shape index (κ1) is 20.8. The summed E-state index contributed by atoms with van der Waals surface area (Å²) in [5.41, 5.74) is 1.32. The van der Waals surface area contributed by atoms with Crippen LogP contribution in [0.25, 0.3) is 0 Å². The van der Waals surface area contributed by atoms with Crippen molar-refractivity contribution in [1.29, 1.82) is 0 Å². The molecule has 8 heteroatoms. The molecule has 6 nitrogen and oxygen atoms in total. The third kappa shape index (κ3) is 5.10. The standard InChI is InChI=1S/C21H20N2O4S2/c1-18-13-15-21(16-14-18)29(26,27)23(22-20-11-7-2-3-8-12-20)28(24,25)17-19-9-5-4-6-10-19/h2-16H,17H2,1H3. The number of hydrogen-bond donors (Lipinski definition) is 0. The minimum absolute atomic E-state index is 0.149. The molecule has 0 fully saturated rings. The van der Waals surface area contributed by atoms with Crippen LogP contribution in [-0.4, -0.2) is 20.7 Å². The van der Waals surface area contributed by atoms with Gasteiger partial charge in [0.05, 0.1) is 16.0 Å². The van der Waals surface area contributed by atoms with Gasteiger partial charge in [0.2, 0.25) is 0 Å². The lowest BCUT2D eigenvalue weighted by atomic mass is 10.2. The first-order valence-electron chi connectivity index (χ1n) is 8.78. The Kier molecular flexibility index (Phi) is 6.14. The highest BCUT2D eigenvalue weighted by molar-refractivity contribution is 8.03. The summed E-state index contributed by atoms with van der Waals surface area (Å²) in [5.74, 6) is -0.499. The molecule has 0 saturated carbocycles. The molecule has 0 aliphatic carbocycles. The average molecular weight is 429 g/mol. The van der Waals surface area contributed by atoms with Crippen molar-refractivity contribution >= 4 is 20.0 Å². The lowest BCUT2D eigenvalue weighted by Crippen LogP contribution is -2.35. The SMILES string of the molecule is Cc1ccc(S(=O)(=O)N(N=c2cccccc2)S(=O)(=O)Cc2ccccc2)cc1. The van der Waals surface area contributed by atoms with E-state index in [1.807, 2.05) is 6.92 Å². The van der Waals surface area contributed by atoms with E-state index >= 15 is 0 Å². The van der Waals surface area contributed by atoms with Crippen LogP contribution in [0.2, 0.25) is 0 Å². The van der Waals surface area contributed by atoms with E-state index in [-0.39, 0.29) is 14.1 Å². The van der Waals surface area contributed by atoms with Crippen molar-refractivity contribution in [3.05, 3.63) is 107 Å². The lowest BCUT2D eigenvalue weighted by molar-refractivity contribution is 0.501. The molecule has 0 heterocycles. The Hall–Kier alpha value is -2.97. The van der Waals surface area contributed by atoms with Gasteiger partial charge in [-0.1, -0.05) is 76.1 Å². The molecule has 0 spiro atoms. The van der Waals surface area contributed by atoms with E-state index in [0.29, 0.717) is 5.56 Å². The molecule has 0 radical (unpaired) electrons. The van der Waals surface area contributed by atoms with Crippen LogP contribution in [0.1, 0.15) is 11.1 Å². The zero-order chi connectivity index (χ0) is 20.9. The van der Waals surface area contributed by atoms with Crippen LogP contribution in [0.3, 0.4) is 0 Å². The van der Waals surface area contributed by atoms with Crippen molar-refractivity contribution in [2.24, 2.45) is 5.10 Å². The highest BCUT2D eigenvalue weighted by atomic mass is 32.3. The fourth-order valence-corrected chi connectivity index (χ4v) is 5.98. The van der Waals surface area contributed by atoms with Gasteiger partial charge in [-0.3, -0.25) is 0 Å². The molecule has 0 aliphatic rings. The van der Waals surface area contributed by atoms with E-state index in [2.05, 4.69) is 5.10 Å². The van der Waals surface area contributed by atoms with Gasteiger partial charge < -0.3 is 0 Å². The van der Waals surface area contributed by atoms with Crippen LogP contribution in [-0.2, 0) is 25.8 Å². The van der Waals surface area contributed by atoms with Gasteiger partial charge in [0.25, 0.3) is 20.0 Å². The van der Waals surface area contributed by atoms with E-state index in [0.717, 1.165) is 5.56 Å². The molecular formula is C21H20N2O4S2. The van der Waals surface area contributed by atoms with Crippen LogP contribution in [0.4, 0.5) is 0 Å². The fourth-order valence-electron chi connectivity index (χ4n) is 2.56. The molecule has 3 aromatic carbocycles. The normalized spacial score (nSPS) is 11.6. The second-order valence-corrected chi connectivity index (χ2v) is 10.2. The van der Waals surface area contributed by atoms with Crippen LogP contribution in [0.15, 0.2) is 101 Å². The summed E-state index contributed by atoms with van der Waals surface area (Å²) in [4.78, 5) is -0.149. The van der Waals surface area contributed by atoms with Crippen molar-refractivity contribution in [3.63, 3.8) is 0 Å². The monoisotopic (exact) mass is 428 g/mol. The number of rotatable bonds is 6. The molecule has 3 rings (SSSR count).